The van der Waals surface area contributed by atoms with E-state index in [2.05, 4.69) is 17.3 Å². The molecule has 0 amide bonds. The third kappa shape index (κ3) is 15.5. The highest BCUT2D eigenvalue weighted by Crippen LogP contribution is 2.09. The molecule has 0 saturated carbocycles. The molecule has 0 aliphatic carbocycles. The number of likely N-dealkylation sites (tertiary alicyclic amines) is 1. The number of nitrogens with zero attached hydrogens (tertiary/aromatic N) is 2. The Kier molecular flexibility index (Phi) is 17.2. The number of ketones is 2. The van der Waals surface area contributed by atoms with Crippen molar-refractivity contribution in [3.8, 4) is 0 Å². The summed E-state index contributed by atoms with van der Waals surface area (Å²) in [5, 5.41) is 3.14. The largest absolute Gasteiger partial charge is 0.466 e. The molecule has 1 N–H and O–H groups in total. The second-order valence-electron chi connectivity index (χ2n) is 10.5. The number of rotatable bonds is 9. The highest BCUT2D eigenvalue weighted by atomic mass is 16.5. The van der Waals surface area contributed by atoms with Crippen LogP contribution in [-0.4, -0.2) is 93.3 Å². The van der Waals surface area contributed by atoms with E-state index < -0.39 is 0 Å². The summed E-state index contributed by atoms with van der Waals surface area (Å²) in [6.07, 6.45) is 1.80. The van der Waals surface area contributed by atoms with Crippen LogP contribution in [0.2, 0.25) is 0 Å². The smallest absolute Gasteiger partial charge is 0.310 e. The van der Waals surface area contributed by atoms with Crippen LogP contribution in [-0.2, 0) is 35.3 Å². The van der Waals surface area contributed by atoms with Crippen molar-refractivity contribution < 1.29 is 28.7 Å². The lowest BCUT2D eigenvalue weighted by Crippen LogP contribution is -2.36. The Morgan fingerprint density at radius 1 is 1.08 bits per heavy atom. The van der Waals surface area contributed by atoms with Gasteiger partial charge in [0.05, 0.1) is 18.9 Å². The number of benzene rings is 1. The van der Waals surface area contributed by atoms with Crippen molar-refractivity contribution >= 4 is 23.5 Å². The number of carbonyl (C=O) groups excluding carboxylic acids is 4. The first-order valence-corrected chi connectivity index (χ1v) is 14.0. The van der Waals surface area contributed by atoms with E-state index in [9.17, 15) is 19.2 Å². The molecule has 3 atom stereocenters. The molecule has 1 aromatic carbocycles. The van der Waals surface area contributed by atoms with E-state index in [1.807, 2.05) is 63.1 Å². The predicted molar refractivity (Wildman–Crippen MR) is 152 cm³/mol. The van der Waals surface area contributed by atoms with E-state index in [0.29, 0.717) is 37.7 Å². The SMILES string of the molecule is CC1CN(C)CCC1=O.CC1CNCCC1=O.CCOC(=O)CCN(C)CC(C)C(=O)OCc1ccccc1. The number of nitrogens with one attached hydrogen (secondary N) is 1. The first-order valence-electron chi connectivity index (χ1n) is 14.0. The minimum atomic E-state index is -0.240. The average Bonchev–Trinajstić information content (AvgIpc) is 2.91. The number of esters is 2. The van der Waals surface area contributed by atoms with Gasteiger partial charge in [0.15, 0.2) is 0 Å². The minimum absolute atomic E-state index is 0.214. The number of Topliss-reactive ketones (excluding diaryl/α,β-unsaturated/α-hetero) is 2. The molecular formula is C30H49N3O6. The summed E-state index contributed by atoms with van der Waals surface area (Å²) >= 11 is 0. The van der Waals surface area contributed by atoms with Crippen molar-refractivity contribution in [2.45, 2.75) is 53.6 Å². The molecule has 0 radical (unpaired) electrons. The van der Waals surface area contributed by atoms with Gasteiger partial charge in [0.1, 0.15) is 18.2 Å². The van der Waals surface area contributed by atoms with Crippen LogP contribution in [0.15, 0.2) is 30.3 Å². The molecule has 1 aromatic rings. The van der Waals surface area contributed by atoms with Crippen molar-refractivity contribution in [2.24, 2.45) is 17.8 Å². The summed E-state index contributed by atoms with van der Waals surface area (Å²) in [5.41, 5.74) is 0.971. The lowest BCUT2D eigenvalue weighted by Gasteiger charge is -2.25. The molecule has 39 heavy (non-hydrogen) atoms. The van der Waals surface area contributed by atoms with Gasteiger partial charge in [-0.1, -0.05) is 51.1 Å². The zero-order valence-corrected chi connectivity index (χ0v) is 24.7. The molecule has 2 aliphatic rings. The third-order valence-corrected chi connectivity index (χ3v) is 6.64. The molecule has 2 saturated heterocycles. The molecule has 0 bridgehead atoms. The number of hydrogen-bond acceptors (Lipinski definition) is 9. The zero-order valence-electron chi connectivity index (χ0n) is 24.7. The second-order valence-corrected chi connectivity index (χ2v) is 10.5. The van der Waals surface area contributed by atoms with Crippen LogP contribution < -0.4 is 5.32 Å². The Bertz CT molecular complexity index is 879. The molecule has 0 spiro atoms. The first kappa shape index (κ1) is 34.4. The van der Waals surface area contributed by atoms with E-state index in [1.165, 1.54) is 0 Å². The van der Waals surface area contributed by atoms with E-state index >= 15 is 0 Å². The summed E-state index contributed by atoms with van der Waals surface area (Å²) in [5.74, 6) is 0.667. The predicted octanol–water partition coefficient (Wildman–Crippen LogP) is 2.96. The maximum Gasteiger partial charge on any atom is 0.310 e. The number of piperidine rings is 2. The Morgan fingerprint density at radius 3 is 2.28 bits per heavy atom. The quantitative estimate of drug-likeness (QED) is 0.467. The van der Waals surface area contributed by atoms with Crippen molar-refractivity contribution in [3.05, 3.63) is 35.9 Å². The number of hydrogen-bond donors (Lipinski definition) is 1. The van der Waals surface area contributed by atoms with Gasteiger partial charge in [0, 0.05) is 63.9 Å². The maximum atomic E-state index is 12.0. The Labute approximate surface area is 234 Å². The third-order valence-electron chi connectivity index (χ3n) is 6.64. The second kappa shape index (κ2) is 19.4. The number of carbonyl (C=O) groups is 4. The molecule has 2 fully saturated rings. The lowest BCUT2D eigenvalue weighted by molar-refractivity contribution is -0.149. The van der Waals surface area contributed by atoms with Crippen molar-refractivity contribution in [2.75, 3.05) is 60.0 Å². The molecule has 3 unspecified atom stereocenters. The molecule has 3 rings (SSSR count). The molecular weight excluding hydrogens is 498 g/mol. The molecule has 2 aliphatic heterocycles. The first-order chi connectivity index (χ1) is 18.5. The molecule has 2 heterocycles. The van der Waals surface area contributed by atoms with E-state index in [4.69, 9.17) is 9.47 Å². The fourth-order valence-electron chi connectivity index (χ4n) is 4.12. The van der Waals surface area contributed by atoms with Gasteiger partial charge in [-0.05, 0) is 26.6 Å². The number of ether oxygens (including phenoxy) is 2. The van der Waals surface area contributed by atoms with Gasteiger partial charge in [-0.3, -0.25) is 19.2 Å². The van der Waals surface area contributed by atoms with Gasteiger partial charge in [-0.2, -0.15) is 0 Å². The van der Waals surface area contributed by atoms with Gasteiger partial charge in [-0.25, -0.2) is 0 Å². The summed E-state index contributed by atoms with van der Waals surface area (Å²) in [7, 11) is 3.93. The average molecular weight is 548 g/mol. The van der Waals surface area contributed by atoms with Crippen LogP contribution in [0.25, 0.3) is 0 Å². The van der Waals surface area contributed by atoms with Gasteiger partial charge in [0.25, 0.3) is 0 Å². The molecule has 9 nitrogen and oxygen atoms in total. The summed E-state index contributed by atoms with van der Waals surface area (Å²) < 4.78 is 10.2. The van der Waals surface area contributed by atoms with Gasteiger partial charge in [-0.15, -0.1) is 0 Å². The van der Waals surface area contributed by atoms with Gasteiger partial charge in [0.2, 0.25) is 0 Å². The standard InChI is InChI=1S/C17H25NO4.C7H13NO.C6H11NO/c1-4-21-16(19)10-11-18(3)12-14(2)17(20)22-13-15-8-6-5-7-9-15;1-6-5-8(2)4-3-7(6)9;1-5-4-7-3-2-6(5)8/h5-9,14H,4,10-13H2,1-3H3;6H,3-5H2,1-2H3;5,7H,2-4H2,1H3. The maximum absolute atomic E-state index is 12.0. The van der Waals surface area contributed by atoms with Crippen LogP contribution in [0.4, 0.5) is 0 Å². The Hall–Kier alpha value is -2.62. The zero-order chi connectivity index (χ0) is 29.2. The van der Waals surface area contributed by atoms with Gasteiger partial charge >= 0.3 is 11.9 Å². The summed E-state index contributed by atoms with van der Waals surface area (Å²) in [6, 6.07) is 9.59. The normalized spacial score (nSPS) is 20.2. The van der Waals surface area contributed by atoms with E-state index in [1.54, 1.807) is 6.92 Å². The van der Waals surface area contributed by atoms with Crippen LogP contribution in [0.5, 0.6) is 0 Å². The van der Waals surface area contributed by atoms with Crippen molar-refractivity contribution in [3.63, 3.8) is 0 Å². The molecule has 0 aromatic heterocycles. The van der Waals surface area contributed by atoms with E-state index in [0.717, 1.165) is 44.6 Å². The van der Waals surface area contributed by atoms with Crippen LogP contribution in [0.1, 0.15) is 52.5 Å². The topological polar surface area (TPSA) is 105 Å². The highest BCUT2D eigenvalue weighted by Gasteiger charge is 2.20. The van der Waals surface area contributed by atoms with Crippen molar-refractivity contribution in [1.29, 1.82) is 0 Å². The fourth-order valence-corrected chi connectivity index (χ4v) is 4.12. The van der Waals surface area contributed by atoms with Crippen LogP contribution in [0, 0.1) is 17.8 Å². The van der Waals surface area contributed by atoms with Crippen LogP contribution >= 0.6 is 0 Å². The van der Waals surface area contributed by atoms with Crippen LogP contribution in [0.3, 0.4) is 0 Å². The lowest BCUT2D eigenvalue weighted by atomic mass is 9.99. The van der Waals surface area contributed by atoms with E-state index in [-0.39, 0.29) is 36.3 Å². The Morgan fingerprint density at radius 2 is 1.74 bits per heavy atom. The highest BCUT2D eigenvalue weighted by molar-refractivity contribution is 5.82. The van der Waals surface area contributed by atoms with Gasteiger partial charge < -0.3 is 24.6 Å². The fraction of sp³-hybridized carbons (Fsp3) is 0.667. The monoisotopic (exact) mass is 547 g/mol. The minimum Gasteiger partial charge on any atom is -0.466 e. The molecule has 220 valence electrons. The summed E-state index contributed by atoms with van der Waals surface area (Å²) in [4.78, 5) is 49.0. The molecule has 9 heteroatoms. The Balaban J connectivity index is 0.000000361. The summed E-state index contributed by atoms with van der Waals surface area (Å²) in [6.45, 7) is 13.0. The van der Waals surface area contributed by atoms with Crippen molar-refractivity contribution in [1.82, 2.24) is 15.1 Å².